The Balaban J connectivity index is 2.22. The molecule has 3 nitrogen and oxygen atoms in total. The van der Waals surface area contributed by atoms with Gasteiger partial charge in [-0.2, -0.15) is 5.26 Å². The zero-order valence-corrected chi connectivity index (χ0v) is 12.2. The molecule has 2 aromatic carbocycles. The summed E-state index contributed by atoms with van der Waals surface area (Å²) >= 11 is 6.15. The molecule has 0 aliphatic rings. The summed E-state index contributed by atoms with van der Waals surface area (Å²) in [6.45, 7) is 2.56. The molecule has 2 aromatic rings. The number of rotatable bonds is 4. The SMILES string of the molecule is COc1ccc(C#N)cc1CNc1cc(C)ccc1Cl. The summed E-state index contributed by atoms with van der Waals surface area (Å²) in [5.41, 5.74) is 3.53. The number of hydrogen-bond donors (Lipinski definition) is 1. The van der Waals surface area contributed by atoms with Crippen LogP contribution in [-0.4, -0.2) is 7.11 Å². The number of nitrogens with one attached hydrogen (secondary N) is 1. The van der Waals surface area contributed by atoms with Crippen LogP contribution in [-0.2, 0) is 6.54 Å². The molecule has 0 fully saturated rings. The molecular weight excluding hydrogens is 272 g/mol. The molecule has 0 aromatic heterocycles. The quantitative estimate of drug-likeness (QED) is 0.919. The van der Waals surface area contributed by atoms with E-state index in [2.05, 4.69) is 11.4 Å². The minimum atomic E-state index is 0.544. The van der Waals surface area contributed by atoms with Gasteiger partial charge in [0.2, 0.25) is 0 Å². The third kappa shape index (κ3) is 3.23. The molecule has 0 atom stereocenters. The molecule has 0 heterocycles. The minimum Gasteiger partial charge on any atom is -0.496 e. The van der Waals surface area contributed by atoms with Crippen LogP contribution in [0.3, 0.4) is 0 Å². The molecule has 4 heteroatoms. The number of anilines is 1. The van der Waals surface area contributed by atoms with Gasteiger partial charge in [-0.15, -0.1) is 0 Å². The van der Waals surface area contributed by atoms with Gasteiger partial charge >= 0.3 is 0 Å². The maximum Gasteiger partial charge on any atom is 0.123 e. The fourth-order valence-corrected chi connectivity index (χ4v) is 2.14. The van der Waals surface area contributed by atoms with Crippen molar-refractivity contribution in [3.8, 4) is 11.8 Å². The number of ether oxygens (including phenoxy) is 1. The van der Waals surface area contributed by atoms with Crippen LogP contribution in [0.4, 0.5) is 5.69 Å². The number of aryl methyl sites for hydroxylation is 1. The van der Waals surface area contributed by atoms with Crippen LogP contribution in [0.15, 0.2) is 36.4 Å². The predicted molar refractivity (Wildman–Crippen MR) is 81.2 cm³/mol. The van der Waals surface area contributed by atoms with Crippen LogP contribution in [0.2, 0.25) is 5.02 Å². The average Bonchev–Trinajstić information content (AvgIpc) is 2.47. The van der Waals surface area contributed by atoms with Gasteiger partial charge < -0.3 is 10.1 Å². The Morgan fingerprint density at radius 2 is 2.05 bits per heavy atom. The first-order valence-corrected chi connectivity index (χ1v) is 6.59. The number of nitrogens with zero attached hydrogens (tertiary/aromatic N) is 1. The second-order valence-electron chi connectivity index (χ2n) is 4.48. The first-order chi connectivity index (χ1) is 9.63. The second-order valence-corrected chi connectivity index (χ2v) is 4.88. The first kappa shape index (κ1) is 14.2. The van der Waals surface area contributed by atoms with Crippen molar-refractivity contribution in [2.75, 3.05) is 12.4 Å². The molecule has 0 unspecified atom stereocenters. The topological polar surface area (TPSA) is 45.0 Å². The molecule has 0 amide bonds. The summed E-state index contributed by atoms with van der Waals surface area (Å²) in [6, 6.07) is 13.3. The molecule has 0 spiro atoms. The van der Waals surface area contributed by atoms with E-state index in [1.54, 1.807) is 19.2 Å². The largest absolute Gasteiger partial charge is 0.496 e. The van der Waals surface area contributed by atoms with Crippen molar-refractivity contribution in [2.45, 2.75) is 13.5 Å². The van der Waals surface area contributed by atoms with Crippen molar-refractivity contribution in [1.29, 1.82) is 5.26 Å². The van der Waals surface area contributed by atoms with E-state index < -0.39 is 0 Å². The van der Waals surface area contributed by atoms with Crippen LogP contribution >= 0.6 is 11.6 Å². The first-order valence-electron chi connectivity index (χ1n) is 6.21. The predicted octanol–water partition coefficient (Wildman–Crippen LogP) is 4.14. The normalized spacial score (nSPS) is 9.90. The van der Waals surface area contributed by atoms with Crippen molar-refractivity contribution >= 4 is 17.3 Å². The molecule has 0 aliphatic carbocycles. The van der Waals surface area contributed by atoms with Crippen molar-refractivity contribution in [2.24, 2.45) is 0 Å². The lowest BCUT2D eigenvalue weighted by atomic mass is 10.1. The third-order valence-electron chi connectivity index (χ3n) is 3.00. The standard InChI is InChI=1S/C16H15ClN2O/c1-11-3-5-14(17)15(7-11)19-10-13-8-12(9-18)4-6-16(13)20-2/h3-8,19H,10H2,1-2H3. The fourth-order valence-electron chi connectivity index (χ4n) is 1.95. The molecule has 20 heavy (non-hydrogen) atoms. The van der Waals surface area contributed by atoms with E-state index in [1.807, 2.05) is 31.2 Å². The van der Waals surface area contributed by atoms with Crippen molar-refractivity contribution < 1.29 is 4.74 Å². The Labute approximate surface area is 123 Å². The summed E-state index contributed by atoms with van der Waals surface area (Å²) in [4.78, 5) is 0. The van der Waals surface area contributed by atoms with Gasteiger partial charge in [-0.1, -0.05) is 17.7 Å². The summed E-state index contributed by atoms with van der Waals surface area (Å²) in [6.07, 6.45) is 0. The summed E-state index contributed by atoms with van der Waals surface area (Å²) in [7, 11) is 1.62. The van der Waals surface area contributed by atoms with Gasteiger partial charge in [0.05, 0.1) is 29.5 Å². The Bertz CT molecular complexity index is 662. The molecule has 2 rings (SSSR count). The average molecular weight is 287 g/mol. The smallest absolute Gasteiger partial charge is 0.123 e. The minimum absolute atomic E-state index is 0.544. The van der Waals surface area contributed by atoms with Gasteiger partial charge in [-0.05, 0) is 42.8 Å². The summed E-state index contributed by atoms with van der Waals surface area (Å²) < 4.78 is 5.30. The highest BCUT2D eigenvalue weighted by molar-refractivity contribution is 6.33. The Morgan fingerprint density at radius 1 is 1.25 bits per heavy atom. The number of benzene rings is 2. The fraction of sp³-hybridized carbons (Fsp3) is 0.188. The lowest BCUT2D eigenvalue weighted by Crippen LogP contribution is -2.03. The molecule has 0 saturated heterocycles. The van der Waals surface area contributed by atoms with E-state index in [0.29, 0.717) is 17.1 Å². The zero-order valence-electron chi connectivity index (χ0n) is 11.4. The molecule has 102 valence electrons. The van der Waals surface area contributed by atoms with Crippen LogP contribution in [0.1, 0.15) is 16.7 Å². The lowest BCUT2D eigenvalue weighted by Gasteiger charge is -2.12. The Morgan fingerprint density at radius 3 is 2.75 bits per heavy atom. The van der Waals surface area contributed by atoms with Crippen molar-refractivity contribution in [1.82, 2.24) is 0 Å². The number of hydrogen-bond acceptors (Lipinski definition) is 3. The summed E-state index contributed by atoms with van der Waals surface area (Å²) in [5.74, 6) is 0.750. The van der Waals surface area contributed by atoms with Crippen LogP contribution < -0.4 is 10.1 Å². The van der Waals surface area contributed by atoms with Crippen molar-refractivity contribution in [3.05, 3.63) is 58.1 Å². The molecule has 0 radical (unpaired) electrons. The molecular formula is C16H15ClN2O. The zero-order chi connectivity index (χ0) is 14.5. The Hall–Kier alpha value is -2.18. The van der Waals surface area contributed by atoms with E-state index in [-0.39, 0.29) is 0 Å². The van der Waals surface area contributed by atoms with Crippen LogP contribution in [0, 0.1) is 18.3 Å². The van der Waals surface area contributed by atoms with Crippen molar-refractivity contribution in [3.63, 3.8) is 0 Å². The van der Waals surface area contributed by atoms with Gasteiger partial charge in [0.25, 0.3) is 0 Å². The number of methoxy groups -OCH3 is 1. The van der Waals surface area contributed by atoms with E-state index in [0.717, 1.165) is 22.6 Å². The van der Waals surface area contributed by atoms with E-state index in [9.17, 15) is 0 Å². The summed E-state index contributed by atoms with van der Waals surface area (Å²) in [5, 5.41) is 12.9. The Kier molecular flexibility index (Phi) is 4.49. The van der Waals surface area contributed by atoms with Crippen LogP contribution in [0.25, 0.3) is 0 Å². The molecule has 0 aliphatic heterocycles. The highest BCUT2D eigenvalue weighted by Gasteiger charge is 2.06. The molecule has 0 bridgehead atoms. The monoisotopic (exact) mass is 286 g/mol. The highest BCUT2D eigenvalue weighted by atomic mass is 35.5. The maximum absolute atomic E-state index is 8.96. The van der Waals surface area contributed by atoms with Gasteiger partial charge in [0.15, 0.2) is 0 Å². The maximum atomic E-state index is 8.96. The third-order valence-corrected chi connectivity index (χ3v) is 3.33. The molecule has 1 N–H and O–H groups in total. The van der Waals surface area contributed by atoms with E-state index >= 15 is 0 Å². The highest BCUT2D eigenvalue weighted by Crippen LogP contribution is 2.25. The van der Waals surface area contributed by atoms with Gasteiger partial charge in [0.1, 0.15) is 5.75 Å². The number of nitriles is 1. The van der Waals surface area contributed by atoms with Crippen LogP contribution in [0.5, 0.6) is 5.75 Å². The second kappa shape index (κ2) is 6.31. The van der Waals surface area contributed by atoms with Gasteiger partial charge in [0, 0.05) is 12.1 Å². The van der Waals surface area contributed by atoms with Gasteiger partial charge in [-0.3, -0.25) is 0 Å². The van der Waals surface area contributed by atoms with E-state index in [4.69, 9.17) is 21.6 Å². The molecule has 0 saturated carbocycles. The van der Waals surface area contributed by atoms with Gasteiger partial charge in [-0.25, -0.2) is 0 Å². The van der Waals surface area contributed by atoms with E-state index in [1.165, 1.54) is 0 Å². The number of halogens is 1. The lowest BCUT2D eigenvalue weighted by molar-refractivity contribution is 0.410.